The molecular formula is C24H27N9O4S2. The van der Waals surface area contributed by atoms with Crippen LogP contribution in [0.5, 0.6) is 0 Å². The Morgan fingerprint density at radius 1 is 1.05 bits per heavy atom. The molecule has 0 unspecified atom stereocenters. The molecule has 2 aromatic heterocycles. The quantitative estimate of drug-likeness (QED) is 0.370. The number of nitrogens with zero attached hydrogens (tertiary/aromatic N) is 7. The van der Waals surface area contributed by atoms with Crippen molar-refractivity contribution < 1.29 is 16.8 Å². The highest BCUT2D eigenvalue weighted by molar-refractivity contribution is 7.97. The number of aromatic nitrogens is 4. The number of aryl methyl sites for hydroxylation is 1. The number of nitrogens with one attached hydrogen (secondary N) is 2. The first-order valence-electron chi connectivity index (χ1n) is 11.9. The lowest BCUT2D eigenvalue weighted by Gasteiger charge is -2.20. The highest BCUT2D eigenvalue weighted by Crippen LogP contribution is 2.33. The number of hydrogen-bond donors (Lipinski definition) is 2. The molecule has 1 aliphatic heterocycles. The second-order valence-corrected chi connectivity index (χ2v) is 12.0. The van der Waals surface area contributed by atoms with Gasteiger partial charge in [-0.1, -0.05) is 18.2 Å². The summed E-state index contributed by atoms with van der Waals surface area (Å²) in [6, 6.07) is 13.6. The Morgan fingerprint density at radius 2 is 1.74 bits per heavy atom. The molecule has 0 aliphatic carbocycles. The number of aliphatic imine (C=N–C) groups is 1. The van der Waals surface area contributed by atoms with E-state index in [-0.39, 0.29) is 29.6 Å². The van der Waals surface area contributed by atoms with E-state index in [1.807, 2.05) is 19.9 Å². The van der Waals surface area contributed by atoms with E-state index in [2.05, 4.69) is 34.4 Å². The molecule has 0 amide bonds. The lowest BCUT2D eigenvalue weighted by Crippen LogP contribution is -2.25. The Labute approximate surface area is 227 Å². The SMILES string of the molecule is CCN(CC)c1ccc(N=C2C(S(=O)(=O)Nc3ccccc3)=C(C#N)c3nc(CNS(C)(=O)=O)nn32)c(C)n1. The number of nitriles is 1. The van der Waals surface area contributed by atoms with Gasteiger partial charge >= 0.3 is 0 Å². The number of benzene rings is 1. The molecule has 3 heterocycles. The Kier molecular flexibility index (Phi) is 7.82. The molecule has 15 heteroatoms. The first-order valence-corrected chi connectivity index (χ1v) is 15.3. The second-order valence-electron chi connectivity index (χ2n) is 8.53. The number of fused-ring (bicyclic) bond motifs is 1. The predicted molar refractivity (Wildman–Crippen MR) is 148 cm³/mol. The highest BCUT2D eigenvalue weighted by atomic mass is 32.2. The molecule has 3 aromatic rings. The van der Waals surface area contributed by atoms with E-state index >= 15 is 0 Å². The molecule has 39 heavy (non-hydrogen) atoms. The monoisotopic (exact) mass is 569 g/mol. The van der Waals surface area contributed by atoms with Crippen LogP contribution < -0.4 is 14.3 Å². The topological polar surface area (TPSA) is 175 Å². The van der Waals surface area contributed by atoms with Gasteiger partial charge in [-0.25, -0.2) is 36.5 Å². The molecule has 4 rings (SSSR count). The fourth-order valence-corrected chi connectivity index (χ4v) is 5.62. The van der Waals surface area contributed by atoms with Gasteiger partial charge in [-0.3, -0.25) is 4.72 Å². The largest absolute Gasteiger partial charge is 0.357 e. The molecule has 0 radical (unpaired) electrons. The highest BCUT2D eigenvalue weighted by Gasteiger charge is 2.40. The minimum Gasteiger partial charge on any atom is -0.357 e. The molecule has 0 saturated carbocycles. The fraction of sp³-hybridized carbons (Fsp3) is 0.292. The Bertz CT molecular complexity index is 1720. The van der Waals surface area contributed by atoms with Gasteiger partial charge in [0.1, 0.15) is 17.5 Å². The molecule has 1 aliphatic rings. The van der Waals surface area contributed by atoms with Crippen LogP contribution in [0.4, 0.5) is 17.2 Å². The maximum absolute atomic E-state index is 13.6. The molecule has 0 bridgehead atoms. The van der Waals surface area contributed by atoms with Crippen LogP contribution in [-0.2, 0) is 26.6 Å². The third-order valence-corrected chi connectivity index (χ3v) is 7.86. The van der Waals surface area contributed by atoms with Gasteiger partial charge in [0, 0.05) is 18.8 Å². The molecular weight excluding hydrogens is 542 g/mol. The zero-order valence-electron chi connectivity index (χ0n) is 21.7. The third-order valence-electron chi connectivity index (χ3n) is 5.76. The van der Waals surface area contributed by atoms with Crippen molar-refractivity contribution >= 4 is 48.6 Å². The average molecular weight is 570 g/mol. The predicted octanol–water partition coefficient (Wildman–Crippen LogP) is 2.15. The Hall–Kier alpha value is -4.13. The van der Waals surface area contributed by atoms with E-state index in [4.69, 9.17) is 0 Å². The van der Waals surface area contributed by atoms with Crippen LogP contribution in [0.3, 0.4) is 0 Å². The first kappa shape index (κ1) is 27.9. The number of para-hydroxylation sites is 1. The van der Waals surface area contributed by atoms with E-state index in [0.29, 0.717) is 17.1 Å². The summed E-state index contributed by atoms with van der Waals surface area (Å²) in [4.78, 5) is 15.1. The summed E-state index contributed by atoms with van der Waals surface area (Å²) in [5.41, 5.74) is 0.912. The summed E-state index contributed by atoms with van der Waals surface area (Å²) in [6.45, 7) is 7.03. The maximum Gasteiger partial charge on any atom is 0.267 e. The van der Waals surface area contributed by atoms with Crippen LogP contribution in [0.15, 0.2) is 52.4 Å². The van der Waals surface area contributed by atoms with Gasteiger partial charge in [0.25, 0.3) is 10.0 Å². The number of rotatable bonds is 10. The van der Waals surface area contributed by atoms with Crippen LogP contribution in [0, 0.1) is 18.3 Å². The van der Waals surface area contributed by atoms with Crippen molar-refractivity contribution in [3.05, 3.63) is 64.7 Å². The van der Waals surface area contributed by atoms with Gasteiger partial charge in [0.05, 0.1) is 24.2 Å². The van der Waals surface area contributed by atoms with E-state index in [1.165, 1.54) is 0 Å². The molecule has 13 nitrogen and oxygen atoms in total. The van der Waals surface area contributed by atoms with Crippen LogP contribution in [-0.4, -0.2) is 61.8 Å². The second kappa shape index (κ2) is 10.9. The summed E-state index contributed by atoms with van der Waals surface area (Å²) in [5.74, 6) is 0.550. The fourth-order valence-electron chi connectivity index (χ4n) is 3.91. The molecule has 0 atom stereocenters. The number of hydrogen-bond acceptors (Lipinski definition) is 10. The van der Waals surface area contributed by atoms with Crippen LogP contribution in [0.1, 0.15) is 31.2 Å². The molecule has 204 valence electrons. The number of allylic oxidation sites excluding steroid dienone is 2. The maximum atomic E-state index is 13.6. The lowest BCUT2D eigenvalue weighted by molar-refractivity contribution is 0.585. The van der Waals surface area contributed by atoms with Crippen LogP contribution in [0.2, 0.25) is 0 Å². The molecule has 0 spiro atoms. The van der Waals surface area contributed by atoms with Crippen molar-refractivity contribution in [3.63, 3.8) is 0 Å². The molecule has 2 N–H and O–H groups in total. The summed E-state index contributed by atoms with van der Waals surface area (Å²) in [6.07, 6.45) is 0.988. The molecule has 0 fully saturated rings. The van der Waals surface area contributed by atoms with Gasteiger partial charge in [0.2, 0.25) is 10.0 Å². The van der Waals surface area contributed by atoms with Crippen molar-refractivity contribution in [1.29, 1.82) is 5.26 Å². The van der Waals surface area contributed by atoms with Crippen molar-refractivity contribution in [3.8, 4) is 6.07 Å². The van der Waals surface area contributed by atoms with Gasteiger partial charge < -0.3 is 4.90 Å². The zero-order valence-corrected chi connectivity index (χ0v) is 23.4. The first-order chi connectivity index (χ1) is 18.5. The summed E-state index contributed by atoms with van der Waals surface area (Å²) >= 11 is 0. The normalized spacial score (nSPS) is 14.4. The summed E-state index contributed by atoms with van der Waals surface area (Å²) in [7, 11) is -7.89. The van der Waals surface area contributed by atoms with E-state index < -0.39 is 25.0 Å². The van der Waals surface area contributed by atoms with Crippen molar-refractivity contribution in [1.82, 2.24) is 24.5 Å². The Balaban J connectivity index is 1.87. The van der Waals surface area contributed by atoms with E-state index in [9.17, 15) is 22.1 Å². The van der Waals surface area contributed by atoms with Crippen molar-refractivity contribution in [2.24, 2.45) is 4.99 Å². The Morgan fingerprint density at radius 3 is 2.33 bits per heavy atom. The van der Waals surface area contributed by atoms with Gasteiger partial charge in [-0.15, -0.1) is 5.10 Å². The number of pyridine rings is 1. The van der Waals surface area contributed by atoms with Crippen molar-refractivity contribution in [2.45, 2.75) is 27.3 Å². The van der Waals surface area contributed by atoms with Crippen molar-refractivity contribution in [2.75, 3.05) is 29.0 Å². The van der Waals surface area contributed by atoms with Gasteiger partial charge in [-0.2, -0.15) is 9.94 Å². The molecule has 1 aromatic carbocycles. The molecule has 0 saturated heterocycles. The standard InChI is InChI=1S/C24H27N9O4S2/c1-5-32(6-2)21-13-12-19(16(3)27-21)28-24-22(39(36,37)31-17-10-8-7-9-11-17)18(14-25)23-29-20(30-33(23)24)15-26-38(4,34)35/h7-13,26,31H,5-6,15H2,1-4H3. The van der Waals surface area contributed by atoms with E-state index in [0.717, 1.165) is 29.8 Å². The van der Waals surface area contributed by atoms with Gasteiger partial charge in [-0.05, 0) is 45.0 Å². The van der Waals surface area contributed by atoms with Crippen LogP contribution >= 0.6 is 0 Å². The summed E-state index contributed by atoms with van der Waals surface area (Å²) < 4.78 is 56.2. The minimum absolute atomic E-state index is 0.0371. The number of anilines is 2. The zero-order chi connectivity index (χ0) is 28.4. The third kappa shape index (κ3) is 5.98. The van der Waals surface area contributed by atoms with Gasteiger partial charge in [0.15, 0.2) is 22.4 Å². The average Bonchev–Trinajstić information content (AvgIpc) is 3.42. The number of sulfonamides is 2. The lowest BCUT2D eigenvalue weighted by atomic mass is 10.3. The smallest absolute Gasteiger partial charge is 0.267 e. The minimum atomic E-state index is -4.34. The summed E-state index contributed by atoms with van der Waals surface area (Å²) in [5, 5.41) is 14.3. The van der Waals surface area contributed by atoms with Crippen LogP contribution in [0.25, 0.3) is 5.57 Å². The van der Waals surface area contributed by atoms with E-state index in [1.54, 1.807) is 49.4 Å².